The number of benzene rings is 1. The second-order valence-electron chi connectivity index (χ2n) is 6.25. The largest absolute Gasteiger partial charge is 0.501 e. The molecule has 1 aromatic carbocycles. The number of hydrogen-bond donors (Lipinski definition) is 1. The maximum atomic E-state index is 12.9. The summed E-state index contributed by atoms with van der Waals surface area (Å²) >= 11 is 0. The van der Waals surface area contributed by atoms with Crippen LogP contribution in [0.15, 0.2) is 41.6 Å². The number of anilines is 2. The second kappa shape index (κ2) is 6.82. The van der Waals surface area contributed by atoms with Gasteiger partial charge in [0.05, 0.1) is 22.5 Å². The monoisotopic (exact) mass is 388 g/mol. The molecule has 10 heteroatoms. The molecule has 1 saturated heterocycles. The molecule has 142 valence electrons. The van der Waals surface area contributed by atoms with Crippen molar-refractivity contribution in [1.82, 2.24) is 9.78 Å². The molecule has 0 aliphatic carbocycles. The molecule has 0 spiro atoms. The van der Waals surface area contributed by atoms with Crippen molar-refractivity contribution in [2.45, 2.75) is 29.3 Å². The lowest BCUT2D eigenvalue weighted by Gasteiger charge is -2.34. The minimum Gasteiger partial charge on any atom is -0.379 e. The van der Waals surface area contributed by atoms with Gasteiger partial charge in [-0.05, 0) is 25.0 Å². The standard InChI is InChI=1S/C16H19F3N4O2S/c1-22-11-13(9-20-22)23-8-4-5-12(10-23)21-14-6-2-3-7-15(14)26(24,25)16(17,18)19/h2-3,6-7,9,11-12,21H,4-5,8,10H2,1H3. The molecule has 1 unspecified atom stereocenters. The number of para-hydroxylation sites is 1. The van der Waals surface area contributed by atoms with Crippen molar-refractivity contribution in [1.29, 1.82) is 0 Å². The summed E-state index contributed by atoms with van der Waals surface area (Å²) in [5.74, 6) is 0. The van der Waals surface area contributed by atoms with E-state index in [9.17, 15) is 21.6 Å². The highest BCUT2D eigenvalue weighted by atomic mass is 32.2. The lowest BCUT2D eigenvalue weighted by Crippen LogP contribution is -2.42. The summed E-state index contributed by atoms with van der Waals surface area (Å²) in [7, 11) is -3.60. The fraction of sp³-hybridized carbons (Fsp3) is 0.438. The van der Waals surface area contributed by atoms with Gasteiger partial charge in [-0.15, -0.1) is 0 Å². The molecular formula is C16H19F3N4O2S. The number of halogens is 3. The van der Waals surface area contributed by atoms with E-state index < -0.39 is 20.2 Å². The third-order valence-electron chi connectivity index (χ3n) is 4.32. The van der Waals surface area contributed by atoms with Crippen LogP contribution in [0.4, 0.5) is 24.5 Å². The van der Waals surface area contributed by atoms with Gasteiger partial charge in [-0.1, -0.05) is 12.1 Å². The molecule has 1 aliphatic rings. The highest BCUT2D eigenvalue weighted by Crippen LogP contribution is 2.35. The van der Waals surface area contributed by atoms with E-state index in [2.05, 4.69) is 15.3 Å². The summed E-state index contributed by atoms with van der Waals surface area (Å²) in [6, 6.07) is 4.97. The molecular weight excluding hydrogens is 369 g/mol. The Morgan fingerprint density at radius 2 is 2.00 bits per heavy atom. The Bertz CT molecular complexity index is 880. The van der Waals surface area contributed by atoms with E-state index in [0.29, 0.717) is 6.54 Å². The van der Waals surface area contributed by atoms with Crippen molar-refractivity contribution in [3.05, 3.63) is 36.7 Å². The van der Waals surface area contributed by atoms with Crippen molar-refractivity contribution in [3.63, 3.8) is 0 Å². The van der Waals surface area contributed by atoms with E-state index in [4.69, 9.17) is 0 Å². The smallest absolute Gasteiger partial charge is 0.379 e. The Hall–Kier alpha value is -2.23. The molecule has 1 atom stereocenters. The van der Waals surface area contributed by atoms with E-state index in [1.54, 1.807) is 17.9 Å². The molecule has 0 bridgehead atoms. The van der Waals surface area contributed by atoms with E-state index in [0.717, 1.165) is 31.1 Å². The summed E-state index contributed by atoms with van der Waals surface area (Å²) in [4.78, 5) is 1.33. The first-order valence-corrected chi connectivity index (χ1v) is 9.57. The number of sulfone groups is 1. The predicted octanol–water partition coefficient (Wildman–Crippen LogP) is 2.79. The molecule has 0 amide bonds. The molecule has 1 N–H and O–H groups in total. The van der Waals surface area contributed by atoms with Gasteiger partial charge in [-0.2, -0.15) is 18.3 Å². The van der Waals surface area contributed by atoms with Crippen LogP contribution in [0, 0.1) is 0 Å². The van der Waals surface area contributed by atoms with Gasteiger partial charge in [0.1, 0.15) is 0 Å². The Kier molecular flexibility index (Phi) is 4.87. The zero-order chi connectivity index (χ0) is 18.9. The van der Waals surface area contributed by atoms with E-state index >= 15 is 0 Å². The van der Waals surface area contributed by atoms with Crippen molar-refractivity contribution in [2.24, 2.45) is 7.05 Å². The van der Waals surface area contributed by atoms with Crippen LogP contribution >= 0.6 is 0 Å². The normalized spacial score (nSPS) is 18.8. The summed E-state index contributed by atoms with van der Waals surface area (Å²) in [5.41, 5.74) is -4.43. The van der Waals surface area contributed by atoms with Crippen molar-refractivity contribution in [2.75, 3.05) is 23.3 Å². The molecule has 2 aromatic rings. The molecule has 6 nitrogen and oxygen atoms in total. The number of aryl methyl sites for hydroxylation is 1. The van der Waals surface area contributed by atoms with Crippen LogP contribution in [-0.2, 0) is 16.9 Å². The van der Waals surface area contributed by atoms with Gasteiger partial charge in [0.25, 0.3) is 9.84 Å². The average Bonchev–Trinajstić information content (AvgIpc) is 3.01. The number of hydrogen-bond acceptors (Lipinski definition) is 5. The minimum atomic E-state index is -5.41. The number of rotatable bonds is 4. The third-order valence-corrected chi connectivity index (χ3v) is 5.86. The quantitative estimate of drug-likeness (QED) is 0.873. The summed E-state index contributed by atoms with van der Waals surface area (Å²) in [5, 5.41) is 7.11. The van der Waals surface area contributed by atoms with Gasteiger partial charge in [0.15, 0.2) is 0 Å². The fourth-order valence-electron chi connectivity index (χ4n) is 3.07. The lowest BCUT2D eigenvalue weighted by atomic mass is 10.0. The van der Waals surface area contributed by atoms with E-state index in [1.807, 2.05) is 6.20 Å². The zero-order valence-electron chi connectivity index (χ0n) is 14.1. The Morgan fingerprint density at radius 3 is 2.65 bits per heavy atom. The van der Waals surface area contributed by atoms with Gasteiger partial charge >= 0.3 is 5.51 Å². The van der Waals surface area contributed by atoms with Gasteiger partial charge < -0.3 is 10.2 Å². The number of nitrogens with one attached hydrogen (secondary N) is 1. The third kappa shape index (κ3) is 3.64. The van der Waals surface area contributed by atoms with Crippen molar-refractivity contribution < 1.29 is 21.6 Å². The summed E-state index contributed by atoms with van der Waals surface area (Å²) in [6.45, 7) is 1.36. The molecule has 26 heavy (non-hydrogen) atoms. The van der Waals surface area contributed by atoms with Crippen LogP contribution in [0.25, 0.3) is 0 Å². The van der Waals surface area contributed by atoms with Crippen LogP contribution < -0.4 is 10.2 Å². The maximum absolute atomic E-state index is 12.9. The molecule has 2 heterocycles. The van der Waals surface area contributed by atoms with E-state index in [1.165, 1.54) is 18.2 Å². The first-order chi connectivity index (χ1) is 12.2. The van der Waals surface area contributed by atoms with Crippen LogP contribution in [0.5, 0.6) is 0 Å². The Balaban J connectivity index is 1.81. The van der Waals surface area contributed by atoms with Crippen LogP contribution in [0.2, 0.25) is 0 Å². The van der Waals surface area contributed by atoms with Crippen molar-refractivity contribution >= 4 is 21.2 Å². The molecule has 3 rings (SSSR count). The van der Waals surface area contributed by atoms with Crippen LogP contribution in [0.3, 0.4) is 0 Å². The van der Waals surface area contributed by atoms with Gasteiger partial charge in [-0.25, -0.2) is 8.42 Å². The van der Waals surface area contributed by atoms with E-state index in [-0.39, 0.29) is 11.7 Å². The molecule has 0 saturated carbocycles. The van der Waals surface area contributed by atoms with Gasteiger partial charge in [0, 0.05) is 32.4 Å². The molecule has 1 fully saturated rings. The molecule has 1 aliphatic heterocycles. The Morgan fingerprint density at radius 1 is 1.27 bits per heavy atom. The molecule has 1 aromatic heterocycles. The highest BCUT2D eigenvalue weighted by molar-refractivity contribution is 7.92. The number of aromatic nitrogens is 2. The summed E-state index contributed by atoms with van der Waals surface area (Å²) < 4.78 is 64.1. The number of nitrogens with zero attached hydrogens (tertiary/aromatic N) is 3. The average molecular weight is 388 g/mol. The van der Waals surface area contributed by atoms with Gasteiger partial charge in [0.2, 0.25) is 0 Å². The number of alkyl halides is 3. The van der Waals surface area contributed by atoms with Gasteiger partial charge in [-0.3, -0.25) is 4.68 Å². The number of piperidine rings is 1. The fourth-order valence-corrected chi connectivity index (χ4v) is 3.99. The van der Waals surface area contributed by atoms with Crippen LogP contribution in [0.1, 0.15) is 12.8 Å². The lowest BCUT2D eigenvalue weighted by molar-refractivity contribution is -0.0435. The predicted molar refractivity (Wildman–Crippen MR) is 91.7 cm³/mol. The topological polar surface area (TPSA) is 67.2 Å². The Labute approximate surface area is 149 Å². The minimum absolute atomic E-state index is 0.0251. The zero-order valence-corrected chi connectivity index (χ0v) is 14.9. The molecule has 0 radical (unpaired) electrons. The highest BCUT2D eigenvalue weighted by Gasteiger charge is 2.48. The second-order valence-corrected chi connectivity index (χ2v) is 8.16. The first-order valence-electron chi connectivity index (χ1n) is 8.09. The summed E-state index contributed by atoms with van der Waals surface area (Å²) in [6.07, 6.45) is 5.16. The van der Waals surface area contributed by atoms with Crippen LogP contribution in [-0.4, -0.2) is 42.8 Å². The van der Waals surface area contributed by atoms with Crippen molar-refractivity contribution in [3.8, 4) is 0 Å². The SMILES string of the molecule is Cn1cc(N2CCCC(Nc3ccccc3S(=O)(=O)C(F)(F)F)C2)cn1. The maximum Gasteiger partial charge on any atom is 0.501 e. The first kappa shape index (κ1) is 18.6.